The lowest BCUT2D eigenvalue weighted by molar-refractivity contribution is -0.123. The minimum atomic E-state index is -0.359. The molecule has 1 aliphatic rings. The number of carbonyl (C=O) groups is 2. The molecule has 1 fully saturated rings. The van der Waals surface area contributed by atoms with Crippen molar-refractivity contribution >= 4 is 52.2 Å². The van der Waals surface area contributed by atoms with Crippen LogP contribution in [0.3, 0.4) is 0 Å². The molecule has 0 bridgehead atoms. The van der Waals surface area contributed by atoms with E-state index in [0.29, 0.717) is 32.9 Å². The van der Waals surface area contributed by atoms with Gasteiger partial charge in [-0.25, -0.2) is 0 Å². The molecule has 0 spiro atoms. The summed E-state index contributed by atoms with van der Waals surface area (Å²) < 4.78 is 5.56. The standard InChI is InChI=1S/C19H15Cl2NO3S/c1-2-25-16-8-7-14(20)9-13(16)10-17-18(23)22(19(24)26-17)11-12-5-3-4-6-15(12)21/h3-10H,2,11H2,1H3/b17-10-. The third-order valence-corrected chi connectivity index (χ3v) is 5.23. The molecule has 1 saturated heterocycles. The molecule has 1 heterocycles. The Balaban J connectivity index is 1.88. The number of ether oxygens (including phenoxy) is 1. The van der Waals surface area contributed by atoms with Crippen LogP contribution in [-0.4, -0.2) is 22.7 Å². The number of carbonyl (C=O) groups excluding carboxylic acids is 2. The maximum atomic E-state index is 12.7. The number of hydrogen-bond acceptors (Lipinski definition) is 4. The number of halogens is 2. The molecule has 0 radical (unpaired) electrons. The van der Waals surface area contributed by atoms with Crippen LogP contribution >= 0.6 is 35.0 Å². The van der Waals surface area contributed by atoms with Gasteiger partial charge in [0.05, 0.1) is 18.1 Å². The van der Waals surface area contributed by atoms with Crippen molar-refractivity contribution in [2.75, 3.05) is 6.61 Å². The van der Waals surface area contributed by atoms with E-state index in [1.807, 2.05) is 13.0 Å². The summed E-state index contributed by atoms with van der Waals surface area (Å²) in [4.78, 5) is 26.5. The summed E-state index contributed by atoms with van der Waals surface area (Å²) in [5.41, 5.74) is 1.37. The van der Waals surface area contributed by atoms with Crippen molar-refractivity contribution < 1.29 is 14.3 Å². The zero-order valence-corrected chi connectivity index (χ0v) is 16.2. The topological polar surface area (TPSA) is 46.6 Å². The fourth-order valence-corrected chi connectivity index (χ4v) is 3.70. The second kappa shape index (κ2) is 8.16. The zero-order valence-electron chi connectivity index (χ0n) is 13.9. The van der Waals surface area contributed by atoms with E-state index in [9.17, 15) is 9.59 Å². The third-order valence-electron chi connectivity index (χ3n) is 3.72. The van der Waals surface area contributed by atoms with E-state index in [-0.39, 0.29) is 17.7 Å². The van der Waals surface area contributed by atoms with Crippen molar-refractivity contribution in [1.82, 2.24) is 4.90 Å². The molecule has 0 atom stereocenters. The van der Waals surface area contributed by atoms with Crippen LogP contribution in [0.5, 0.6) is 5.75 Å². The van der Waals surface area contributed by atoms with Crippen molar-refractivity contribution in [2.24, 2.45) is 0 Å². The van der Waals surface area contributed by atoms with Gasteiger partial charge in [-0.2, -0.15) is 0 Å². The Morgan fingerprint density at radius 3 is 2.65 bits per heavy atom. The lowest BCUT2D eigenvalue weighted by atomic mass is 10.1. The summed E-state index contributed by atoms with van der Waals surface area (Å²) in [6.45, 7) is 2.49. The first-order valence-electron chi connectivity index (χ1n) is 7.90. The molecule has 1 aliphatic heterocycles. The first-order valence-corrected chi connectivity index (χ1v) is 9.48. The van der Waals surface area contributed by atoms with Gasteiger partial charge in [0.25, 0.3) is 11.1 Å². The minimum Gasteiger partial charge on any atom is -0.493 e. The molecule has 2 aromatic rings. The largest absolute Gasteiger partial charge is 0.493 e. The molecule has 26 heavy (non-hydrogen) atoms. The van der Waals surface area contributed by atoms with Gasteiger partial charge in [0, 0.05) is 15.6 Å². The lowest BCUT2D eigenvalue weighted by Crippen LogP contribution is -2.27. The second-order valence-corrected chi connectivity index (χ2v) is 7.31. The molecular formula is C19H15Cl2NO3S. The highest BCUT2D eigenvalue weighted by Crippen LogP contribution is 2.36. The van der Waals surface area contributed by atoms with E-state index in [1.165, 1.54) is 4.90 Å². The highest BCUT2D eigenvalue weighted by Gasteiger charge is 2.35. The van der Waals surface area contributed by atoms with Gasteiger partial charge in [0.15, 0.2) is 0 Å². The molecule has 3 rings (SSSR count). The normalized spacial score (nSPS) is 15.8. The van der Waals surface area contributed by atoms with Crippen LogP contribution in [0.25, 0.3) is 6.08 Å². The van der Waals surface area contributed by atoms with Crippen LogP contribution in [0.2, 0.25) is 10.0 Å². The van der Waals surface area contributed by atoms with Gasteiger partial charge in [0.1, 0.15) is 5.75 Å². The molecule has 134 valence electrons. The molecule has 0 N–H and O–H groups in total. The van der Waals surface area contributed by atoms with Gasteiger partial charge in [0.2, 0.25) is 0 Å². The Morgan fingerprint density at radius 2 is 1.92 bits per heavy atom. The Labute approximate surface area is 165 Å². The lowest BCUT2D eigenvalue weighted by Gasteiger charge is -2.13. The summed E-state index contributed by atoms with van der Waals surface area (Å²) >= 11 is 13.1. The summed E-state index contributed by atoms with van der Waals surface area (Å²) in [6.07, 6.45) is 1.63. The summed E-state index contributed by atoms with van der Waals surface area (Å²) in [5, 5.41) is 0.708. The van der Waals surface area contributed by atoms with Crippen molar-refractivity contribution in [1.29, 1.82) is 0 Å². The van der Waals surface area contributed by atoms with Crippen molar-refractivity contribution in [3.63, 3.8) is 0 Å². The Hall–Kier alpha value is -1.95. The van der Waals surface area contributed by atoms with Crippen molar-refractivity contribution in [2.45, 2.75) is 13.5 Å². The van der Waals surface area contributed by atoms with E-state index in [0.717, 1.165) is 17.3 Å². The van der Waals surface area contributed by atoms with Crippen molar-refractivity contribution in [3.8, 4) is 5.75 Å². The number of nitrogens with zero attached hydrogens (tertiary/aromatic N) is 1. The fourth-order valence-electron chi connectivity index (χ4n) is 2.49. The molecule has 2 amide bonds. The van der Waals surface area contributed by atoms with E-state index < -0.39 is 0 Å². The third kappa shape index (κ3) is 4.06. The van der Waals surface area contributed by atoms with Crippen LogP contribution in [-0.2, 0) is 11.3 Å². The fraction of sp³-hybridized carbons (Fsp3) is 0.158. The molecule has 7 heteroatoms. The smallest absolute Gasteiger partial charge is 0.293 e. The number of benzene rings is 2. The Morgan fingerprint density at radius 1 is 1.15 bits per heavy atom. The van der Waals surface area contributed by atoms with Crippen LogP contribution < -0.4 is 4.74 Å². The van der Waals surface area contributed by atoms with E-state index in [2.05, 4.69) is 0 Å². The highest BCUT2D eigenvalue weighted by molar-refractivity contribution is 8.18. The molecular weight excluding hydrogens is 393 g/mol. The monoisotopic (exact) mass is 407 g/mol. The first kappa shape index (κ1) is 18.8. The van der Waals surface area contributed by atoms with Gasteiger partial charge < -0.3 is 4.74 Å². The average Bonchev–Trinajstić information content (AvgIpc) is 2.87. The maximum absolute atomic E-state index is 12.7. The van der Waals surface area contributed by atoms with E-state index in [4.69, 9.17) is 27.9 Å². The summed E-state index contributed by atoms with van der Waals surface area (Å²) in [5.74, 6) is 0.247. The highest BCUT2D eigenvalue weighted by atomic mass is 35.5. The van der Waals surface area contributed by atoms with Gasteiger partial charge >= 0.3 is 0 Å². The number of imide groups is 1. The van der Waals surface area contributed by atoms with Gasteiger partial charge in [-0.3, -0.25) is 14.5 Å². The molecule has 0 aromatic heterocycles. The van der Waals surface area contributed by atoms with Crippen LogP contribution in [0.1, 0.15) is 18.1 Å². The Bertz CT molecular complexity index is 898. The van der Waals surface area contributed by atoms with Crippen LogP contribution in [0, 0.1) is 0 Å². The Kier molecular flexibility index (Phi) is 5.91. The predicted octanol–water partition coefficient (Wildman–Crippen LogP) is 5.63. The number of rotatable bonds is 5. The number of thioether (sulfide) groups is 1. The minimum absolute atomic E-state index is 0.134. The van der Waals surface area contributed by atoms with Crippen LogP contribution in [0.15, 0.2) is 47.4 Å². The van der Waals surface area contributed by atoms with Gasteiger partial charge in [-0.15, -0.1) is 0 Å². The summed E-state index contributed by atoms with van der Waals surface area (Å²) in [6, 6.07) is 12.3. The maximum Gasteiger partial charge on any atom is 0.293 e. The summed E-state index contributed by atoms with van der Waals surface area (Å²) in [7, 11) is 0. The first-order chi connectivity index (χ1) is 12.5. The van der Waals surface area contributed by atoms with Gasteiger partial charge in [-0.1, -0.05) is 41.4 Å². The van der Waals surface area contributed by atoms with Gasteiger partial charge in [-0.05, 0) is 54.6 Å². The second-order valence-electron chi connectivity index (χ2n) is 5.47. The van der Waals surface area contributed by atoms with E-state index in [1.54, 1.807) is 42.5 Å². The van der Waals surface area contributed by atoms with E-state index >= 15 is 0 Å². The molecule has 4 nitrogen and oxygen atoms in total. The quantitative estimate of drug-likeness (QED) is 0.602. The van der Waals surface area contributed by atoms with Crippen LogP contribution in [0.4, 0.5) is 4.79 Å². The SMILES string of the molecule is CCOc1ccc(Cl)cc1/C=C1\SC(=O)N(Cc2ccccc2Cl)C1=O. The number of hydrogen-bond donors (Lipinski definition) is 0. The zero-order chi connectivity index (χ0) is 18.7. The predicted molar refractivity (Wildman–Crippen MR) is 106 cm³/mol. The number of amides is 2. The molecule has 0 aliphatic carbocycles. The molecule has 0 saturated carbocycles. The average molecular weight is 408 g/mol. The van der Waals surface area contributed by atoms with Crippen molar-refractivity contribution in [3.05, 3.63) is 68.5 Å². The molecule has 2 aromatic carbocycles. The molecule has 0 unspecified atom stereocenters.